The van der Waals surface area contributed by atoms with Gasteiger partial charge in [0.05, 0.1) is 17.6 Å². The van der Waals surface area contributed by atoms with E-state index in [9.17, 15) is 0 Å². The van der Waals surface area contributed by atoms with E-state index in [-0.39, 0.29) is 5.96 Å². The van der Waals surface area contributed by atoms with Gasteiger partial charge in [-0.3, -0.25) is 0 Å². The number of aryl methyl sites for hydroxylation is 1. The fraction of sp³-hybridized carbons (Fsp3) is 0.0625. The molecule has 0 aliphatic rings. The van der Waals surface area contributed by atoms with Crippen molar-refractivity contribution >= 4 is 11.6 Å². The molecule has 1 heterocycles. The minimum absolute atomic E-state index is 0.0399. The van der Waals surface area contributed by atoms with Gasteiger partial charge >= 0.3 is 0 Å². The lowest BCUT2D eigenvalue weighted by molar-refractivity contribution is 0.803. The first-order valence-corrected chi connectivity index (χ1v) is 6.81. The summed E-state index contributed by atoms with van der Waals surface area (Å²) in [7, 11) is 0. The number of hydrogen-bond donors (Lipinski definition) is 2. The summed E-state index contributed by atoms with van der Waals surface area (Å²) >= 11 is 0. The molecule has 6 nitrogen and oxygen atoms in total. The third-order valence-corrected chi connectivity index (χ3v) is 3.21. The van der Waals surface area contributed by atoms with Gasteiger partial charge in [0.1, 0.15) is 5.69 Å². The molecule has 1 aromatic heterocycles. The van der Waals surface area contributed by atoms with E-state index in [4.69, 9.17) is 11.5 Å². The Hall–Kier alpha value is -3.15. The lowest BCUT2D eigenvalue weighted by atomic mass is 10.1. The van der Waals surface area contributed by atoms with Crippen LogP contribution in [0.4, 0.5) is 5.69 Å². The first kappa shape index (κ1) is 13.8. The van der Waals surface area contributed by atoms with Crippen LogP contribution in [-0.2, 0) is 0 Å². The van der Waals surface area contributed by atoms with Crippen molar-refractivity contribution in [3.05, 3.63) is 60.3 Å². The van der Waals surface area contributed by atoms with Crippen molar-refractivity contribution in [3.63, 3.8) is 0 Å². The Morgan fingerprint density at radius 1 is 1.00 bits per heavy atom. The molecule has 0 atom stereocenters. The Balaban J connectivity index is 1.87. The van der Waals surface area contributed by atoms with Crippen molar-refractivity contribution < 1.29 is 0 Å². The Morgan fingerprint density at radius 2 is 1.68 bits per heavy atom. The van der Waals surface area contributed by atoms with Gasteiger partial charge in [0.15, 0.2) is 5.96 Å². The average Bonchev–Trinajstić information content (AvgIpc) is 2.98. The van der Waals surface area contributed by atoms with E-state index in [1.54, 1.807) is 4.68 Å². The molecule has 2 aromatic carbocycles. The first-order chi connectivity index (χ1) is 10.6. The average molecular weight is 292 g/mol. The minimum Gasteiger partial charge on any atom is -0.370 e. The molecule has 0 radical (unpaired) electrons. The second kappa shape index (κ2) is 5.69. The van der Waals surface area contributed by atoms with Crippen molar-refractivity contribution in [2.45, 2.75) is 6.92 Å². The summed E-state index contributed by atoms with van der Waals surface area (Å²) < 4.78 is 1.75. The molecule has 0 amide bonds. The van der Waals surface area contributed by atoms with E-state index in [1.807, 2.05) is 54.7 Å². The second-order valence-corrected chi connectivity index (χ2v) is 4.97. The number of nitrogens with zero attached hydrogens (tertiary/aromatic N) is 4. The molecule has 6 heteroatoms. The highest BCUT2D eigenvalue weighted by Gasteiger charge is 2.05. The van der Waals surface area contributed by atoms with E-state index < -0.39 is 0 Å². The van der Waals surface area contributed by atoms with Gasteiger partial charge in [-0.05, 0) is 31.2 Å². The van der Waals surface area contributed by atoms with Crippen LogP contribution in [0.1, 0.15) is 5.56 Å². The molecule has 0 saturated heterocycles. The minimum atomic E-state index is 0.0399. The van der Waals surface area contributed by atoms with Crippen LogP contribution in [0.5, 0.6) is 0 Å². The summed E-state index contributed by atoms with van der Waals surface area (Å²) in [5.41, 5.74) is 15.3. The Labute approximate surface area is 128 Å². The standard InChI is InChI=1S/C16H16N6/c1-11-2-8-14(9-3-11)22-10-15(20-21-22)12-4-6-13(7-5-12)19-16(17)18/h2-10H,1H3,(H4,17,18,19). The normalized spacial score (nSPS) is 10.4. The van der Waals surface area contributed by atoms with E-state index in [1.165, 1.54) is 5.56 Å². The number of hydrogen-bond acceptors (Lipinski definition) is 3. The van der Waals surface area contributed by atoms with Crippen LogP contribution >= 0.6 is 0 Å². The van der Waals surface area contributed by atoms with Gasteiger partial charge < -0.3 is 11.5 Å². The molecular formula is C16H16N6. The maximum absolute atomic E-state index is 5.35. The molecule has 22 heavy (non-hydrogen) atoms. The molecule has 0 aliphatic heterocycles. The maximum Gasteiger partial charge on any atom is 0.191 e. The molecule has 3 rings (SSSR count). The molecule has 0 saturated carbocycles. The fourth-order valence-electron chi connectivity index (χ4n) is 2.08. The Morgan fingerprint density at radius 3 is 2.32 bits per heavy atom. The number of benzene rings is 2. The summed E-state index contributed by atoms with van der Waals surface area (Å²) in [6.07, 6.45) is 1.89. The predicted molar refractivity (Wildman–Crippen MR) is 87.0 cm³/mol. The summed E-state index contributed by atoms with van der Waals surface area (Å²) in [5, 5.41) is 8.37. The van der Waals surface area contributed by atoms with E-state index in [2.05, 4.69) is 22.2 Å². The highest BCUT2D eigenvalue weighted by Crippen LogP contribution is 2.21. The van der Waals surface area contributed by atoms with E-state index in [0.29, 0.717) is 5.69 Å². The first-order valence-electron chi connectivity index (χ1n) is 6.81. The van der Waals surface area contributed by atoms with Crippen LogP contribution in [0, 0.1) is 6.92 Å². The predicted octanol–water partition coefficient (Wildman–Crippen LogP) is 2.15. The van der Waals surface area contributed by atoms with Crippen LogP contribution in [-0.4, -0.2) is 21.0 Å². The van der Waals surface area contributed by atoms with Crippen molar-refractivity contribution in [1.82, 2.24) is 15.0 Å². The number of guanidine groups is 1. The highest BCUT2D eigenvalue weighted by molar-refractivity contribution is 5.79. The molecule has 4 N–H and O–H groups in total. The molecule has 0 spiro atoms. The largest absolute Gasteiger partial charge is 0.370 e. The van der Waals surface area contributed by atoms with Gasteiger partial charge in [-0.1, -0.05) is 35.0 Å². The fourth-order valence-corrected chi connectivity index (χ4v) is 2.08. The summed E-state index contributed by atoms with van der Waals surface area (Å²) in [6.45, 7) is 2.05. The zero-order chi connectivity index (χ0) is 15.5. The molecular weight excluding hydrogens is 276 g/mol. The third kappa shape index (κ3) is 2.95. The van der Waals surface area contributed by atoms with Crippen LogP contribution in [0.3, 0.4) is 0 Å². The van der Waals surface area contributed by atoms with Crippen molar-refractivity contribution in [2.24, 2.45) is 16.5 Å². The third-order valence-electron chi connectivity index (χ3n) is 3.21. The molecule has 110 valence electrons. The van der Waals surface area contributed by atoms with Crippen LogP contribution in [0.2, 0.25) is 0 Å². The second-order valence-electron chi connectivity index (χ2n) is 4.97. The monoisotopic (exact) mass is 292 g/mol. The van der Waals surface area contributed by atoms with Gasteiger partial charge in [-0.2, -0.15) is 0 Å². The molecule has 0 fully saturated rings. The van der Waals surface area contributed by atoms with E-state index >= 15 is 0 Å². The quantitative estimate of drug-likeness (QED) is 0.571. The van der Waals surface area contributed by atoms with Gasteiger partial charge in [-0.25, -0.2) is 9.67 Å². The summed E-state index contributed by atoms with van der Waals surface area (Å²) in [4.78, 5) is 3.99. The molecule has 0 unspecified atom stereocenters. The Kier molecular flexibility index (Phi) is 3.57. The van der Waals surface area contributed by atoms with Crippen molar-refractivity contribution in [2.75, 3.05) is 0 Å². The Bertz CT molecular complexity index is 795. The van der Waals surface area contributed by atoms with Gasteiger partial charge in [0.2, 0.25) is 0 Å². The van der Waals surface area contributed by atoms with E-state index in [0.717, 1.165) is 16.9 Å². The lowest BCUT2D eigenvalue weighted by Gasteiger charge is -2.00. The molecule has 0 bridgehead atoms. The summed E-state index contributed by atoms with van der Waals surface area (Å²) in [5.74, 6) is 0.0399. The van der Waals surface area contributed by atoms with Crippen LogP contribution < -0.4 is 11.5 Å². The number of aliphatic imine (C=N–C) groups is 1. The van der Waals surface area contributed by atoms with Crippen LogP contribution in [0.15, 0.2) is 59.7 Å². The molecule has 3 aromatic rings. The van der Waals surface area contributed by atoms with Crippen molar-refractivity contribution in [3.8, 4) is 16.9 Å². The van der Waals surface area contributed by atoms with Gasteiger partial charge in [0.25, 0.3) is 0 Å². The SMILES string of the molecule is Cc1ccc(-n2cc(-c3ccc(N=C(N)N)cc3)nn2)cc1. The number of aromatic nitrogens is 3. The number of rotatable bonds is 3. The smallest absolute Gasteiger partial charge is 0.191 e. The maximum atomic E-state index is 5.35. The van der Waals surface area contributed by atoms with Crippen molar-refractivity contribution in [1.29, 1.82) is 0 Å². The van der Waals surface area contributed by atoms with Crippen LogP contribution in [0.25, 0.3) is 16.9 Å². The zero-order valence-electron chi connectivity index (χ0n) is 12.1. The number of nitrogens with two attached hydrogens (primary N) is 2. The highest BCUT2D eigenvalue weighted by atomic mass is 15.4. The topological polar surface area (TPSA) is 95.1 Å². The lowest BCUT2D eigenvalue weighted by Crippen LogP contribution is -2.21. The van der Waals surface area contributed by atoms with Gasteiger partial charge in [-0.15, -0.1) is 5.10 Å². The zero-order valence-corrected chi connectivity index (χ0v) is 12.1. The summed E-state index contributed by atoms with van der Waals surface area (Å²) in [6, 6.07) is 15.6. The van der Waals surface area contributed by atoms with Gasteiger partial charge in [0, 0.05) is 5.56 Å². The molecule has 0 aliphatic carbocycles.